The van der Waals surface area contributed by atoms with E-state index in [1.165, 1.54) is 38.8 Å². The van der Waals surface area contributed by atoms with Gasteiger partial charge in [-0.05, 0) is 100 Å². The van der Waals surface area contributed by atoms with E-state index in [0.717, 1.165) is 55.6 Å². The molecule has 9 aromatic rings. The maximum atomic E-state index is 6.32. The molecule has 0 aliphatic heterocycles. The SMILES string of the molecule is CC1(C)c2cc(N(c3ccc(-c4ccccc4)cc3)c3ccc4oc5ccccc5c4c3)ccc2-c2cc3oc4ccccc4c3cc21. The number of rotatable bonds is 4. The first-order valence-corrected chi connectivity index (χ1v) is 16.5. The number of hydrogen-bond donors (Lipinski definition) is 0. The molecule has 0 N–H and O–H groups in total. The fraction of sp³-hybridized carbons (Fsp3) is 0.0667. The summed E-state index contributed by atoms with van der Waals surface area (Å²) in [4.78, 5) is 2.37. The third-order valence-corrected chi connectivity index (χ3v) is 10.3. The van der Waals surface area contributed by atoms with Crippen molar-refractivity contribution < 1.29 is 8.83 Å². The number of anilines is 3. The maximum Gasteiger partial charge on any atom is 0.136 e. The normalized spacial score (nSPS) is 13.4. The van der Waals surface area contributed by atoms with Crippen LogP contribution in [0.15, 0.2) is 160 Å². The molecule has 0 radical (unpaired) electrons. The van der Waals surface area contributed by atoms with Crippen molar-refractivity contribution in [3.63, 3.8) is 0 Å². The van der Waals surface area contributed by atoms with Crippen LogP contribution in [0.2, 0.25) is 0 Å². The second kappa shape index (κ2) is 9.97. The van der Waals surface area contributed by atoms with Crippen molar-refractivity contribution in [2.45, 2.75) is 19.3 Å². The molecule has 0 atom stereocenters. The van der Waals surface area contributed by atoms with E-state index in [0.29, 0.717) is 0 Å². The Bertz CT molecular complexity index is 2690. The van der Waals surface area contributed by atoms with Crippen molar-refractivity contribution >= 4 is 60.9 Å². The molecule has 7 aromatic carbocycles. The Balaban J connectivity index is 1.15. The maximum absolute atomic E-state index is 6.32. The summed E-state index contributed by atoms with van der Waals surface area (Å²) in [5, 5.41) is 4.56. The highest BCUT2D eigenvalue weighted by Crippen LogP contribution is 2.52. The first-order valence-electron chi connectivity index (χ1n) is 16.5. The van der Waals surface area contributed by atoms with Gasteiger partial charge in [-0.15, -0.1) is 0 Å². The Morgan fingerprint density at radius 3 is 1.69 bits per heavy atom. The van der Waals surface area contributed by atoms with Crippen LogP contribution in [-0.2, 0) is 5.41 Å². The van der Waals surface area contributed by atoms with E-state index in [9.17, 15) is 0 Å². The molecule has 3 heteroatoms. The summed E-state index contributed by atoms with van der Waals surface area (Å²) < 4.78 is 12.5. The summed E-state index contributed by atoms with van der Waals surface area (Å²) >= 11 is 0. The topological polar surface area (TPSA) is 29.5 Å². The molecule has 0 spiro atoms. The summed E-state index contributed by atoms with van der Waals surface area (Å²) in [7, 11) is 0. The van der Waals surface area contributed by atoms with Crippen LogP contribution in [0.1, 0.15) is 25.0 Å². The predicted molar refractivity (Wildman–Crippen MR) is 199 cm³/mol. The number of hydrogen-bond acceptors (Lipinski definition) is 3. The molecule has 0 bridgehead atoms. The Morgan fingerprint density at radius 1 is 0.396 bits per heavy atom. The van der Waals surface area contributed by atoms with Crippen LogP contribution in [-0.4, -0.2) is 0 Å². The molecule has 2 heterocycles. The third kappa shape index (κ3) is 3.94. The van der Waals surface area contributed by atoms with Crippen LogP contribution in [0.5, 0.6) is 0 Å². The average Bonchev–Trinajstić information content (AvgIpc) is 3.75. The van der Waals surface area contributed by atoms with Gasteiger partial charge in [0.05, 0.1) is 0 Å². The van der Waals surface area contributed by atoms with Crippen molar-refractivity contribution in [3.8, 4) is 22.3 Å². The molecule has 1 aliphatic carbocycles. The van der Waals surface area contributed by atoms with Gasteiger partial charge in [0.2, 0.25) is 0 Å². The zero-order valence-corrected chi connectivity index (χ0v) is 26.7. The number of benzene rings is 7. The van der Waals surface area contributed by atoms with Gasteiger partial charge in [0.25, 0.3) is 0 Å². The molecule has 3 nitrogen and oxygen atoms in total. The quantitative estimate of drug-likeness (QED) is 0.197. The van der Waals surface area contributed by atoms with Gasteiger partial charge >= 0.3 is 0 Å². The van der Waals surface area contributed by atoms with Gasteiger partial charge in [0, 0.05) is 44.0 Å². The predicted octanol–water partition coefficient (Wildman–Crippen LogP) is 12.9. The van der Waals surface area contributed by atoms with Crippen LogP contribution in [0.3, 0.4) is 0 Å². The van der Waals surface area contributed by atoms with E-state index in [1.807, 2.05) is 18.2 Å². The molecule has 0 fully saturated rings. The fourth-order valence-electron chi connectivity index (χ4n) is 7.81. The Morgan fingerprint density at radius 2 is 0.938 bits per heavy atom. The number of furan rings is 2. The molecule has 0 saturated heterocycles. The van der Waals surface area contributed by atoms with Crippen molar-refractivity contribution in [2.75, 3.05) is 4.90 Å². The molecule has 228 valence electrons. The van der Waals surface area contributed by atoms with Crippen LogP contribution in [0.4, 0.5) is 17.1 Å². The van der Waals surface area contributed by atoms with E-state index in [2.05, 4.69) is 152 Å². The summed E-state index contributed by atoms with van der Waals surface area (Å²) in [6, 6.07) is 54.1. The first-order chi connectivity index (χ1) is 23.5. The Kier molecular flexibility index (Phi) is 5.63. The lowest BCUT2D eigenvalue weighted by Crippen LogP contribution is -2.16. The smallest absolute Gasteiger partial charge is 0.136 e. The lowest BCUT2D eigenvalue weighted by atomic mass is 9.82. The molecule has 0 amide bonds. The van der Waals surface area contributed by atoms with Gasteiger partial charge in [0.15, 0.2) is 0 Å². The third-order valence-electron chi connectivity index (χ3n) is 10.3. The minimum atomic E-state index is -0.194. The van der Waals surface area contributed by atoms with E-state index >= 15 is 0 Å². The van der Waals surface area contributed by atoms with Crippen LogP contribution >= 0.6 is 0 Å². The molecular formula is C45H31NO2. The zero-order valence-electron chi connectivity index (χ0n) is 26.7. The minimum Gasteiger partial charge on any atom is -0.456 e. The first kappa shape index (κ1) is 27.1. The van der Waals surface area contributed by atoms with Gasteiger partial charge in [-0.1, -0.05) is 98.8 Å². The number of nitrogens with zero attached hydrogens (tertiary/aromatic N) is 1. The molecular weight excluding hydrogens is 587 g/mol. The largest absolute Gasteiger partial charge is 0.456 e. The average molecular weight is 618 g/mol. The highest BCUT2D eigenvalue weighted by atomic mass is 16.3. The van der Waals surface area contributed by atoms with Crippen molar-refractivity contribution in [2.24, 2.45) is 0 Å². The Labute approximate surface area is 278 Å². The highest BCUT2D eigenvalue weighted by molar-refractivity contribution is 6.08. The van der Waals surface area contributed by atoms with Gasteiger partial charge in [-0.25, -0.2) is 0 Å². The van der Waals surface area contributed by atoms with Crippen molar-refractivity contribution in [1.29, 1.82) is 0 Å². The van der Waals surface area contributed by atoms with Crippen molar-refractivity contribution in [3.05, 3.63) is 163 Å². The van der Waals surface area contributed by atoms with Gasteiger partial charge in [0.1, 0.15) is 22.3 Å². The van der Waals surface area contributed by atoms with Gasteiger partial charge < -0.3 is 13.7 Å². The van der Waals surface area contributed by atoms with E-state index < -0.39 is 0 Å². The summed E-state index contributed by atoms with van der Waals surface area (Å²) in [6.07, 6.45) is 0. The van der Waals surface area contributed by atoms with Gasteiger partial charge in [-0.2, -0.15) is 0 Å². The van der Waals surface area contributed by atoms with E-state index in [1.54, 1.807) is 0 Å². The molecule has 0 saturated carbocycles. The van der Waals surface area contributed by atoms with Crippen molar-refractivity contribution in [1.82, 2.24) is 0 Å². The van der Waals surface area contributed by atoms with E-state index in [4.69, 9.17) is 8.83 Å². The lowest BCUT2D eigenvalue weighted by Gasteiger charge is -2.28. The molecule has 0 unspecified atom stereocenters. The number of para-hydroxylation sites is 2. The molecule has 48 heavy (non-hydrogen) atoms. The van der Waals surface area contributed by atoms with Crippen LogP contribution in [0.25, 0.3) is 66.1 Å². The monoisotopic (exact) mass is 617 g/mol. The van der Waals surface area contributed by atoms with E-state index in [-0.39, 0.29) is 5.41 Å². The zero-order chi connectivity index (χ0) is 32.0. The summed E-state index contributed by atoms with van der Waals surface area (Å²) in [5.74, 6) is 0. The summed E-state index contributed by atoms with van der Waals surface area (Å²) in [6.45, 7) is 4.69. The van der Waals surface area contributed by atoms with Gasteiger partial charge in [-0.3, -0.25) is 0 Å². The second-order valence-corrected chi connectivity index (χ2v) is 13.4. The number of fused-ring (bicyclic) bond motifs is 9. The molecule has 1 aliphatic rings. The highest BCUT2D eigenvalue weighted by Gasteiger charge is 2.37. The minimum absolute atomic E-state index is 0.194. The molecule has 2 aromatic heterocycles. The summed E-state index contributed by atoms with van der Waals surface area (Å²) in [5.41, 5.74) is 14.3. The lowest BCUT2D eigenvalue weighted by molar-refractivity contribution is 0.658. The standard InChI is InChI=1S/C45H31NO2/c1-45(2)39-25-32(20-22-33(39)36-27-44-38(26-40(36)45)35-13-7-9-15-42(35)48-44)46(30-18-16-29(17-19-30)28-10-4-3-5-11-28)31-21-23-43-37(24-31)34-12-6-8-14-41(34)47-43/h3-27H,1-2H3. The van der Waals surface area contributed by atoms with Crippen LogP contribution < -0.4 is 4.90 Å². The Hall–Kier alpha value is -6.06. The molecule has 10 rings (SSSR count). The van der Waals surface area contributed by atoms with Crippen LogP contribution in [0, 0.1) is 0 Å². The second-order valence-electron chi connectivity index (χ2n) is 13.4. The fourth-order valence-corrected chi connectivity index (χ4v) is 7.81.